The molecular formula is C25H34N2O2S2. The zero-order chi connectivity index (χ0) is 21.5. The summed E-state index contributed by atoms with van der Waals surface area (Å²) in [5.74, 6) is 0.897. The molecule has 0 aliphatic carbocycles. The molecule has 0 saturated carbocycles. The smallest absolute Gasteiger partial charge is 0.363 e. The van der Waals surface area contributed by atoms with Crippen LogP contribution in [-0.2, 0) is 9.53 Å². The Kier molecular flexibility index (Phi) is 8.45. The molecule has 1 fully saturated rings. The lowest BCUT2D eigenvalue weighted by Gasteiger charge is -2.39. The highest BCUT2D eigenvalue weighted by Gasteiger charge is 2.29. The van der Waals surface area contributed by atoms with E-state index in [2.05, 4.69) is 34.7 Å². The summed E-state index contributed by atoms with van der Waals surface area (Å²) in [6, 6.07) is 3.86. The zero-order valence-electron chi connectivity index (χ0n) is 18.6. The first-order valence-electron chi connectivity index (χ1n) is 11.9. The third-order valence-corrected chi connectivity index (χ3v) is 8.83. The fourth-order valence-corrected chi connectivity index (χ4v) is 6.63. The van der Waals surface area contributed by atoms with Crippen LogP contribution < -0.4 is 0 Å². The van der Waals surface area contributed by atoms with Gasteiger partial charge in [0.15, 0.2) is 0 Å². The molecule has 0 aromatic carbocycles. The molecule has 4 rings (SSSR count). The van der Waals surface area contributed by atoms with Crippen molar-refractivity contribution < 1.29 is 9.53 Å². The molecule has 2 atom stereocenters. The second kappa shape index (κ2) is 11.5. The maximum atomic E-state index is 12.0. The number of thioether (sulfide) groups is 1. The molecule has 3 aliphatic heterocycles. The van der Waals surface area contributed by atoms with Crippen LogP contribution in [-0.4, -0.2) is 35.2 Å². The van der Waals surface area contributed by atoms with Gasteiger partial charge in [0.25, 0.3) is 0 Å². The average Bonchev–Trinajstić information content (AvgIpc) is 3.45. The number of hydrogen-bond acceptors (Lipinski definition) is 6. The number of hydrogen-bond donors (Lipinski definition) is 0. The summed E-state index contributed by atoms with van der Waals surface area (Å²) in [5, 5.41) is 2.65. The monoisotopic (exact) mass is 458 g/mol. The number of allylic oxidation sites excluding steroid dienone is 3. The molecule has 3 aliphatic rings. The number of unbranched alkanes of at least 4 members (excludes halogenated alkanes) is 4. The highest BCUT2D eigenvalue weighted by molar-refractivity contribution is 8.03. The summed E-state index contributed by atoms with van der Waals surface area (Å²) < 4.78 is 5.28. The number of cyclic esters (lactones) is 1. The van der Waals surface area contributed by atoms with Crippen molar-refractivity contribution in [3.63, 3.8) is 0 Å². The molecule has 0 radical (unpaired) electrons. The number of carbonyl (C=O) groups is 1. The van der Waals surface area contributed by atoms with Gasteiger partial charge >= 0.3 is 5.97 Å². The number of ether oxygens (including phenoxy) is 1. The van der Waals surface area contributed by atoms with Crippen LogP contribution in [0.4, 0.5) is 0 Å². The largest absolute Gasteiger partial charge is 0.401 e. The van der Waals surface area contributed by atoms with E-state index >= 15 is 0 Å². The fraction of sp³-hybridized carbons (Fsp3) is 0.600. The summed E-state index contributed by atoms with van der Waals surface area (Å²) in [4.78, 5) is 21.6. The lowest BCUT2D eigenvalue weighted by atomic mass is 10.0. The Balaban J connectivity index is 1.13. The molecular weight excluding hydrogens is 424 g/mol. The Morgan fingerprint density at radius 3 is 2.84 bits per heavy atom. The van der Waals surface area contributed by atoms with Crippen LogP contribution >= 0.6 is 23.1 Å². The van der Waals surface area contributed by atoms with E-state index in [1.54, 1.807) is 4.91 Å². The second-order valence-corrected chi connectivity index (χ2v) is 11.0. The van der Waals surface area contributed by atoms with Crippen molar-refractivity contribution in [3.8, 4) is 0 Å². The minimum atomic E-state index is -0.317. The summed E-state index contributed by atoms with van der Waals surface area (Å²) in [6.07, 6.45) is 16.7. The molecule has 2 unspecified atom stereocenters. The van der Waals surface area contributed by atoms with E-state index in [1.165, 1.54) is 75.8 Å². The van der Waals surface area contributed by atoms with Gasteiger partial charge in [-0.3, -0.25) is 4.90 Å². The van der Waals surface area contributed by atoms with Crippen molar-refractivity contribution in [2.45, 2.75) is 76.5 Å². The first-order valence-corrected chi connectivity index (χ1v) is 13.6. The SMILES string of the molecule is CC1CC=C(CCCCCC/C=C2\N=C(c3cccs3)OC2=O)SC1N1CCCCC1. The molecule has 0 N–H and O–H groups in total. The van der Waals surface area contributed by atoms with Crippen molar-refractivity contribution in [2.75, 3.05) is 13.1 Å². The van der Waals surface area contributed by atoms with Crippen LogP contribution in [0.25, 0.3) is 0 Å². The Bertz CT molecular complexity index is 823. The van der Waals surface area contributed by atoms with Gasteiger partial charge in [-0.1, -0.05) is 44.4 Å². The van der Waals surface area contributed by atoms with Gasteiger partial charge in [-0.2, -0.15) is 0 Å². The molecule has 4 heterocycles. The van der Waals surface area contributed by atoms with Gasteiger partial charge in [0.2, 0.25) is 5.90 Å². The maximum absolute atomic E-state index is 12.0. The number of carbonyl (C=O) groups excluding carboxylic acids is 1. The maximum Gasteiger partial charge on any atom is 0.363 e. The third kappa shape index (κ3) is 6.33. The Morgan fingerprint density at radius 2 is 2.03 bits per heavy atom. The summed E-state index contributed by atoms with van der Waals surface area (Å²) in [5.41, 5.74) is 0.463. The summed E-state index contributed by atoms with van der Waals surface area (Å²) >= 11 is 3.68. The van der Waals surface area contributed by atoms with E-state index in [0.29, 0.717) is 17.0 Å². The van der Waals surface area contributed by atoms with Crippen molar-refractivity contribution in [2.24, 2.45) is 10.9 Å². The molecule has 6 heteroatoms. The quantitative estimate of drug-likeness (QED) is 0.233. The lowest BCUT2D eigenvalue weighted by Crippen LogP contribution is -2.41. The molecule has 1 aromatic rings. The van der Waals surface area contributed by atoms with Gasteiger partial charge in [-0.25, -0.2) is 9.79 Å². The van der Waals surface area contributed by atoms with Gasteiger partial charge in [-0.15, -0.1) is 23.1 Å². The van der Waals surface area contributed by atoms with Crippen molar-refractivity contribution in [1.29, 1.82) is 0 Å². The molecule has 31 heavy (non-hydrogen) atoms. The van der Waals surface area contributed by atoms with Crippen LogP contribution in [0.15, 0.2) is 45.3 Å². The molecule has 1 saturated heterocycles. The predicted octanol–water partition coefficient (Wildman–Crippen LogP) is 6.74. The number of thiophene rings is 1. The van der Waals surface area contributed by atoms with Gasteiger partial charge < -0.3 is 4.74 Å². The highest BCUT2D eigenvalue weighted by Crippen LogP contribution is 2.40. The topological polar surface area (TPSA) is 41.9 Å². The van der Waals surface area contributed by atoms with E-state index in [9.17, 15) is 4.79 Å². The molecule has 168 valence electrons. The van der Waals surface area contributed by atoms with Crippen LogP contribution in [0.3, 0.4) is 0 Å². The Morgan fingerprint density at radius 1 is 1.19 bits per heavy atom. The van der Waals surface area contributed by atoms with Crippen molar-refractivity contribution >= 4 is 35.0 Å². The van der Waals surface area contributed by atoms with E-state index in [4.69, 9.17) is 4.74 Å². The first-order chi connectivity index (χ1) is 15.2. The Hall–Kier alpha value is -1.37. The van der Waals surface area contributed by atoms with Gasteiger partial charge in [0, 0.05) is 0 Å². The van der Waals surface area contributed by atoms with Crippen LogP contribution in [0.5, 0.6) is 0 Å². The normalized spacial score (nSPS) is 26.1. The number of rotatable bonds is 9. The van der Waals surface area contributed by atoms with Crippen molar-refractivity contribution in [3.05, 3.63) is 45.1 Å². The third-order valence-electron chi connectivity index (χ3n) is 6.29. The molecule has 0 spiro atoms. The number of aliphatic imine (C=N–C) groups is 1. The fourth-order valence-electron chi connectivity index (χ4n) is 4.51. The molecule has 0 amide bonds. The van der Waals surface area contributed by atoms with Crippen LogP contribution in [0.1, 0.15) is 76.0 Å². The van der Waals surface area contributed by atoms with Gasteiger partial charge in [0.05, 0.1) is 10.3 Å². The van der Waals surface area contributed by atoms with E-state index < -0.39 is 0 Å². The van der Waals surface area contributed by atoms with Crippen molar-refractivity contribution in [1.82, 2.24) is 4.90 Å². The molecule has 4 nitrogen and oxygen atoms in total. The number of piperidine rings is 1. The highest BCUT2D eigenvalue weighted by atomic mass is 32.2. The lowest BCUT2D eigenvalue weighted by molar-refractivity contribution is -0.130. The number of likely N-dealkylation sites (tertiary alicyclic amines) is 1. The second-order valence-electron chi connectivity index (χ2n) is 8.81. The number of nitrogens with zero attached hydrogens (tertiary/aromatic N) is 2. The molecule has 1 aromatic heterocycles. The predicted molar refractivity (Wildman–Crippen MR) is 131 cm³/mol. The Labute approximate surface area is 194 Å². The van der Waals surface area contributed by atoms with E-state index in [0.717, 1.165) is 23.6 Å². The minimum Gasteiger partial charge on any atom is -0.401 e. The zero-order valence-corrected chi connectivity index (χ0v) is 20.2. The first kappa shape index (κ1) is 22.8. The number of esters is 1. The summed E-state index contributed by atoms with van der Waals surface area (Å²) in [7, 11) is 0. The van der Waals surface area contributed by atoms with E-state index in [-0.39, 0.29) is 5.97 Å². The van der Waals surface area contributed by atoms with Crippen LogP contribution in [0, 0.1) is 5.92 Å². The standard InChI is InChI=1S/C25H34N2O2S2/c1-19-14-15-20(31-24(19)27-16-8-5-9-17-27)11-6-3-2-4-7-12-21-25(28)29-23(26-21)22-13-10-18-30-22/h10,12-13,15,18-19,24H,2-9,11,14,16-17H2,1H3/b21-12-. The van der Waals surface area contributed by atoms with Gasteiger partial charge in [0.1, 0.15) is 5.70 Å². The van der Waals surface area contributed by atoms with Gasteiger partial charge in [-0.05, 0) is 80.3 Å². The van der Waals surface area contributed by atoms with Crippen LogP contribution in [0.2, 0.25) is 0 Å². The molecule has 0 bridgehead atoms. The summed E-state index contributed by atoms with van der Waals surface area (Å²) in [6.45, 7) is 5.00. The minimum absolute atomic E-state index is 0.317. The van der Waals surface area contributed by atoms with E-state index in [1.807, 2.05) is 23.6 Å². The average molecular weight is 459 g/mol.